The fourth-order valence-electron chi connectivity index (χ4n) is 4.39. The second kappa shape index (κ2) is 8.71. The average molecular weight is 420 g/mol. The van der Waals surface area contributed by atoms with Crippen molar-refractivity contribution in [3.05, 3.63) is 64.3 Å². The van der Waals surface area contributed by atoms with Gasteiger partial charge < -0.3 is 10.3 Å². The molecular formula is C25H33N5O. The van der Waals surface area contributed by atoms with Crippen LogP contribution in [0.1, 0.15) is 51.5 Å². The molecule has 6 heteroatoms. The normalized spacial score (nSPS) is 12.1. The molecule has 164 valence electrons. The van der Waals surface area contributed by atoms with Crippen molar-refractivity contribution in [2.24, 2.45) is 11.7 Å². The Kier molecular flexibility index (Phi) is 6.01. The number of benzene rings is 2. The van der Waals surface area contributed by atoms with Gasteiger partial charge in [0.05, 0.1) is 28.6 Å². The molecule has 4 aromatic rings. The van der Waals surface area contributed by atoms with Gasteiger partial charge in [-0.1, -0.05) is 38.1 Å². The molecule has 0 fully saturated rings. The van der Waals surface area contributed by atoms with Crippen molar-refractivity contribution in [3.63, 3.8) is 0 Å². The average Bonchev–Trinajstić information content (AvgIpc) is 3.22. The van der Waals surface area contributed by atoms with Crippen LogP contribution in [0.2, 0.25) is 0 Å². The van der Waals surface area contributed by atoms with Gasteiger partial charge in [-0.25, -0.2) is 9.78 Å². The molecule has 31 heavy (non-hydrogen) atoms. The van der Waals surface area contributed by atoms with Crippen molar-refractivity contribution in [2.45, 2.75) is 59.7 Å². The lowest BCUT2D eigenvalue weighted by Crippen LogP contribution is -2.27. The highest BCUT2D eigenvalue weighted by molar-refractivity contribution is 5.80. The summed E-state index contributed by atoms with van der Waals surface area (Å²) in [6.45, 7) is 10.5. The molecule has 0 aliphatic rings. The van der Waals surface area contributed by atoms with Gasteiger partial charge >= 0.3 is 5.69 Å². The molecule has 0 atom stereocenters. The van der Waals surface area contributed by atoms with Gasteiger partial charge in [-0.15, -0.1) is 0 Å². The van der Waals surface area contributed by atoms with E-state index in [-0.39, 0.29) is 11.7 Å². The van der Waals surface area contributed by atoms with Crippen molar-refractivity contribution in [1.29, 1.82) is 0 Å². The first kappa shape index (κ1) is 21.4. The molecule has 0 aliphatic carbocycles. The molecular weight excluding hydrogens is 386 g/mol. The summed E-state index contributed by atoms with van der Waals surface area (Å²) < 4.78 is 6.03. The molecule has 2 N–H and O–H groups in total. The summed E-state index contributed by atoms with van der Waals surface area (Å²) in [5, 5.41) is 0. The van der Waals surface area contributed by atoms with Crippen LogP contribution in [0, 0.1) is 5.92 Å². The van der Waals surface area contributed by atoms with Gasteiger partial charge in [-0.05, 0) is 62.9 Å². The van der Waals surface area contributed by atoms with Crippen LogP contribution in [-0.2, 0) is 19.5 Å². The zero-order valence-electron chi connectivity index (χ0n) is 19.0. The van der Waals surface area contributed by atoms with Crippen LogP contribution in [0.5, 0.6) is 0 Å². The Morgan fingerprint density at radius 2 is 1.65 bits per heavy atom. The van der Waals surface area contributed by atoms with E-state index in [2.05, 4.69) is 50.5 Å². The highest BCUT2D eigenvalue weighted by atomic mass is 16.1. The second-order valence-electron chi connectivity index (χ2n) is 9.01. The van der Waals surface area contributed by atoms with Gasteiger partial charge in [0.2, 0.25) is 0 Å². The molecule has 0 radical (unpaired) electrons. The summed E-state index contributed by atoms with van der Waals surface area (Å²) in [6, 6.07) is 14.4. The van der Waals surface area contributed by atoms with Crippen LogP contribution in [0.15, 0.2) is 47.3 Å². The number of aryl methyl sites for hydroxylation is 1. The topological polar surface area (TPSA) is 70.8 Å². The SMILES string of the molecule is CC(C)CCn1c(Cn2c(=O)n(C(C)C)c3ccccc32)nc2c(CCN)cccc21. The maximum Gasteiger partial charge on any atom is 0.329 e. The van der Waals surface area contributed by atoms with E-state index in [0.717, 1.165) is 47.3 Å². The Bertz CT molecular complexity index is 1260. The van der Waals surface area contributed by atoms with E-state index < -0.39 is 0 Å². The first-order valence-electron chi connectivity index (χ1n) is 11.3. The van der Waals surface area contributed by atoms with Gasteiger partial charge in [-0.2, -0.15) is 0 Å². The van der Waals surface area contributed by atoms with Gasteiger partial charge in [0.1, 0.15) is 5.82 Å². The van der Waals surface area contributed by atoms with E-state index in [1.165, 1.54) is 5.56 Å². The molecule has 0 bridgehead atoms. The molecule has 4 rings (SSSR count). The van der Waals surface area contributed by atoms with Crippen LogP contribution >= 0.6 is 0 Å². The molecule has 2 heterocycles. The zero-order valence-corrected chi connectivity index (χ0v) is 19.0. The molecule has 2 aromatic carbocycles. The first-order valence-corrected chi connectivity index (χ1v) is 11.3. The van der Waals surface area contributed by atoms with E-state index in [1.54, 1.807) is 0 Å². The predicted octanol–water partition coefficient (Wildman–Crippen LogP) is 4.33. The van der Waals surface area contributed by atoms with Gasteiger partial charge in [0.25, 0.3) is 0 Å². The van der Waals surface area contributed by atoms with E-state index in [1.807, 2.05) is 33.4 Å². The largest absolute Gasteiger partial charge is 0.330 e. The zero-order chi connectivity index (χ0) is 22.1. The van der Waals surface area contributed by atoms with Crippen molar-refractivity contribution < 1.29 is 0 Å². The molecule has 0 spiro atoms. The number of imidazole rings is 2. The second-order valence-corrected chi connectivity index (χ2v) is 9.01. The monoisotopic (exact) mass is 419 g/mol. The molecule has 0 saturated heterocycles. The summed E-state index contributed by atoms with van der Waals surface area (Å²) in [6.07, 6.45) is 1.85. The number of rotatable bonds is 8. The number of fused-ring (bicyclic) bond motifs is 2. The molecule has 6 nitrogen and oxygen atoms in total. The minimum absolute atomic E-state index is 0.0147. The summed E-state index contributed by atoms with van der Waals surface area (Å²) >= 11 is 0. The van der Waals surface area contributed by atoms with Crippen LogP contribution < -0.4 is 11.4 Å². The highest BCUT2D eigenvalue weighted by Gasteiger charge is 2.19. The molecule has 0 amide bonds. The van der Waals surface area contributed by atoms with Gasteiger partial charge in [0.15, 0.2) is 0 Å². The van der Waals surface area contributed by atoms with E-state index >= 15 is 0 Å². The predicted molar refractivity (Wildman–Crippen MR) is 128 cm³/mol. The van der Waals surface area contributed by atoms with Crippen LogP contribution in [0.25, 0.3) is 22.1 Å². The summed E-state index contributed by atoms with van der Waals surface area (Å²) in [5.74, 6) is 1.51. The van der Waals surface area contributed by atoms with E-state index in [4.69, 9.17) is 10.7 Å². The van der Waals surface area contributed by atoms with E-state index in [0.29, 0.717) is 19.0 Å². The Hall–Kier alpha value is -2.86. The van der Waals surface area contributed by atoms with Crippen molar-refractivity contribution in [1.82, 2.24) is 18.7 Å². The van der Waals surface area contributed by atoms with Crippen molar-refractivity contribution >= 4 is 22.1 Å². The number of aromatic nitrogens is 4. The third-order valence-corrected chi connectivity index (χ3v) is 5.97. The fourth-order valence-corrected chi connectivity index (χ4v) is 4.39. The lowest BCUT2D eigenvalue weighted by molar-refractivity contribution is 0.504. The summed E-state index contributed by atoms with van der Waals surface area (Å²) in [5.41, 5.74) is 11.1. The summed E-state index contributed by atoms with van der Waals surface area (Å²) in [4.78, 5) is 18.4. The molecule has 0 aliphatic heterocycles. The highest BCUT2D eigenvalue weighted by Crippen LogP contribution is 2.24. The number of hydrogen-bond acceptors (Lipinski definition) is 3. The third kappa shape index (κ3) is 3.92. The lowest BCUT2D eigenvalue weighted by Gasteiger charge is -2.12. The standard InChI is InChI=1S/C25H33N5O/c1-17(2)13-15-28-22-11-7-8-19(12-14-26)24(22)27-23(28)16-29-20-9-5-6-10-21(20)30(18(3)4)25(29)31/h5-11,17-18H,12-16,26H2,1-4H3. The van der Waals surface area contributed by atoms with Crippen LogP contribution in [0.3, 0.4) is 0 Å². The maximum absolute atomic E-state index is 13.4. The van der Waals surface area contributed by atoms with Gasteiger partial charge in [0, 0.05) is 12.6 Å². The third-order valence-electron chi connectivity index (χ3n) is 5.97. The fraction of sp³-hybridized carbons (Fsp3) is 0.440. The number of para-hydroxylation sites is 3. The van der Waals surface area contributed by atoms with Crippen molar-refractivity contribution in [3.8, 4) is 0 Å². The maximum atomic E-state index is 13.4. The van der Waals surface area contributed by atoms with Crippen LogP contribution in [-0.4, -0.2) is 25.2 Å². The van der Waals surface area contributed by atoms with Crippen LogP contribution in [0.4, 0.5) is 0 Å². The molecule has 0 saturated carbocycles. The number of nitrogens with zero attached hydrogens (tertiary/aromatic N) is 4. The molecule has 0 unspecified atom stereocenters. The Balaban J connectivity index is 1.89. The minimum atomic E-state index is 0.0147. The summed E-state index contributed by atoms with van der Waals surface area (Å²) in [7, 11) is 0. The first-order chi connectivity index (χ1) is 14.9. The quantitative estimate of drug-likeness (QED) is 0.462. The smallest absolute Gasteiger partial charge is 0.329 e. The minimum Gasteiger partial charge on any atom is -0.330 e. The molecule has 2 aromatic heterocycles. The Morgan fingerprint density at radius 1 is 0.935 bits per heavy atom. The van der Waals surface area contributed by atoms with Gasteiger partial charge in [-0.3, -0.25) is 9.13 Å². The number of hydrogen-bond donors (Lipinski definition) is 1. The Morgan fingerprint density at radius 3 is 2.32 bits per heavy atom. The van der Waals surface area contributed by atoms with Crippen molar-refractivity contribution in [2.75, 3.05) is 6.54 Å². The lowest BCUT2D eigenvalue weighted by atomic mass is 10.1. The van der Waals surface area contributed by atoms with E-state index in [9.17, 15) is 4.79 Å². The number of nitrogens with two attached hydrogens (primary N) is 1. The Labute approximate surface area is 183 Å².